The molecule has 2 N–H and O–H groups in total. The Morgan fingerprint density at radius 2 is 2.07 bits per heavy atom. The lowest BCUT2D eigenvalue weighted by Gasteiger charge is -2.16. The standard InChI is InChI=1S/C19H19N3O4S/c1-10-13-7-12(26-2)3-4-15(13)27-17(10)18(24)22-6-5-11(9-22)14-8-16(23)21-19(25)20-14/h3-4,7-8,11H,5-6,9H2,1-2H3,(H2,20,21,23,25). The molecule has 0 saturated carbocycles. The highest BCUT2D eigenvalue weighted by molar-refractivity contribution is 7.21. The number of rotatable bonds is 3. The van der Waals surface area contributed by atoms with Crippen LogP contribution in [0.4, 0.5) is 0 Å². The van der Waals surface area contributed by atoms with E-state index in [1.54, 1.807) is 12.0 Å². The van der Waals surface area contributed by atoms with Gasteiger partial charge in [0, 0.05) is 35.5 Å². The zero-order chi connectivity index (χ0) is 19.1. The van der Waals surface area contributed by atoms with Gasteiger partial charge in [0.2, 0.25) is 0 Å². The second-order valence-electron chi connectivity index (χ2n) is 6.70. The number of H-pyrrole nitrogens is 2. The van der Waals surface area contributed by atoms with E-state index in [4.69, 9.17) is 4.74 Å². The highest BCUT2D eigenvalue weighted by atomic mass is 32.1. The number of aromatic nitrogens is 2. The Labute approximate surface area is 158 Å². The topological polar surface area (TPSA) is 95.3 Å². The lowest BCUT2D eigenvalue weighted by Crippen LogP contribution is -2.29. The molecule has 1 amide bonds. The van der Waals surface area contributed by atoms with E-state index in [1.807, 2.05) is 25.1 Å². The number of amides is 1. The predicted octanol–water partition coefficient (Wildman–Crippen LogP) is 2.22. The van der Waals surface area contributed by atoms with Gasteiger partial charge in [-0.1, -0.05) is 0 Å². The fraction of sp³-hybridized carbons (Fsp3) is 0.316. The van der Waals surface area contributed by atoms with Crippen LogP contribution in [0.3, 0.4) is 0 Å². The smallest absolute Gasteiger partial charge is 0.325 e. The molecule has 1 aliphatic heterocycles. The summed E-state index contributed by atoms with van der Waals surface area (Å²) in [4.78, 5) is 43.5. The molecule has 2 aromatic heterocycles. The SMILES string of the molecule is COc1ccc2sc(C(=O)N3CCC(c4cc(=O)[nH]c(=O)[nH]4)C3)c(C)c2c1. The van der Waals surface area contributed by atoms with Crippen LogP contribution in [0.5, 0.6) is 5.75 Å². The van der Waals surface area contributed by atoms with Crippen LogP contribution in [0.15, 0.2) is 33.9 Å². The number of methoxy groups -OCH3 is 1. The maximum Gasteiger partial charge on any atom is 0.325 e. The molecule has 140 valence electrons. The quantitative estimate of drug-likeness (QED) is 0.723. The van der Waals surface area contributed by atoms with Crippen molar-refractivity contribution in [3.05, 3.63) is 61.2 Å². The van der Waals surface area contributed by atoms with Crippen molar-refractivity contribution in [1.29, 1.82) is 0 Å². The fourth-order valence-corrected chi connectivity index (χ4v) is 4.74. The first-order valence-corrected chi connectivity index (χ1v) is 9.48. The minimum absolute atomic E-state index is 0.0117. The van der Waals surface area contributed by atoms with Crippen molar-refractivity contribution in [1.82, 2.24) is 14.9 Å². The van der Waals surface area contributed by atoms with Crippen LogP contribution in [-0.2, 0) is 0 Å². The van der Waals surface area contributed by atoms with E-state index in [0.29, 0.717) is 25.2 Å². The van der Waals surface area contributed by atoms with Gasteiger partial charge in [-0.3, -0.25) is 14.6 Å². The third-order valence-electron chi connectivity index (χ3n) is 5.03. The van der Waals surface area contributed by atoms with Gasteiger partial charge in [-0.05, 0) is 42.5 Å². The normalized spacial score (nSPS) is 16.8. The van der Waals surface area contributed by atoms with Gasteiger partial charge in [0.1, 0.15) is 5.75 Å². The summed E-state index contributed by atoms with van der Waals surface area (Å²) in [6, 6.07) is 7.21. The van der Waals surface area contributed by atoms with E-state index in [-0.39, 0.29) is 11.8 Å². The number of likely N-dealkylation sites (tertiary alicyclic amines) is 1. The summed E-state index contributed by atoms with van der Waals surface area (Å²) in [5, 5.41) is 1.03. The number of fused-ring (bicyclic) bond motifs is 1. The number of nitrogens with one attached hydrogen (secondary N) is 2. The number of ether oxygens (including phenoxy) is 1. The second kappa shape index (κ2) is 6.70. The maximum atomic E-state index is 13.1. The van der Waals surface area contributed by atoms with Gasteiger partial charge in [0.25, 0.3) is 11.5 Å². The zero-order valence-corrected chi connectivity index (χ0v) is 15.8. The van der Waals surface area contributed by atoms with Crippen molar-refractivity contribution in [3.63, 3.8) is 0 Å². The second-order valence-corrected chi connectivity index (χ2v) is 7.75. The Morgan fingerprint density at radius 1 is 1.26 bits per heavy atom. The molecule has 1 unspecified atom stereocenters. The minimum atomic E-state index is -0.517. The molecule has 3 heterocycles. The Kier molecular flexibility index (Phi) is 4.35. The Bertz CT molecular complexity index is 1120. The van der Waals surface area contributed by atoms with E-state index >= 15 is 0 Å². The molecule has 27 heavy (non-hydrogen) atoms. The largest absolute Gasteiger partial charge is 0.497 e. The summed E-state index contributed by atoms with van der Waals surface area (Å²) < 4.78 is 6.33. The number of nitrogens with zero attached hydrogens (tertiary/aromatic N) is 1. The fourth-order valence-electron chi connectivity index (χ4n) is 3.58. The first kappa shape index (κ1) is 17.5. The van der Waals surface area contributed by atoms with Crippen molar-refractivity contribution < 1.29 is 9.53 Å². The highest BCUT2D eigenvalue weighted by Gasteiger charge is 2.30. The van der Waals surface area contributed by atoms with Crippen molar-refractivity contribution in [2.75, 3.05) is 20.2 Å². The molecule has 0 aliphatic carbocycles. The van der Waals surface area contributed by atoms with Crippen molar-refractivity contribution in [2.24, 2.45) is 0 Å². The molecule has 8 heteroatoms. The molecule has 1 aromatic carbocycles. The molecule has 1 saturated heterocycles. The average molecular weight is 385 g/mol. The number of carbonyl (C=O) groups is 1. The number of hydrogen-bond acceptors (Lipinski definition) is 5. The number of thiophene rings is 1. The molecule has 7 nitrogen and oxygen atoms in total. The number of benzene rings is 1. The van der Waals surface area contributed by atoms with Crippen molar-refractivity contribution >= 4 is 27.3 Å². The zero-order valence-electron chi connectivity index (χ0n) is 15.0. The first-order chi connectivity index (χ1) is 13.0. The van der Waals surface area contributed by atoms with E-state index in [9.17, 15) is 14.4 Å². The van der Waals surface area contributed by atoms with Crippen LogP contribution in [0.1, 0.15) is 33.3 Å². The number of hydrogen-bond donors (Lipinski definition) is 2. The molecular formula is C19H19N3O4S. The summed E-state index contributed by atoms with van der Waals surface area (Å²) in [5.41, 5.74) is 0.591. The molecule has 1 aliphatic rings. The molecule has 0 radical (unpaired) electrons. The minimum Gasteiger partial charge on any atom is -0.497 e. The van der Waals surface area contributed by atoms with Crippen LogP contribution in [-0.4, -0.2) is 41.0 Å². The third-order valence-corrected chi connectivity index (χ3v) is 6.29. The van der Waals surface area contributed by atoms with Crippen molar-refractivity contribution in [3.8, 4) is 5.75 Å². The number of aryl methyl sites for hydroxylation is 1. The third kappa shape index (κ3) is 3.16. The van der Waals surface area contributed by atoms with Gasteiger partial charge < -0.3 is 14.6 Å². The summed E-state index contributed by atoms with van der Waals surface area (Å²) in [5.74, 6) is 0.711. The van der Waals surface area contributed by atoms with E-state index in [0.717, 1.165) is 26.3 Å². The van der Waals surface area contributed by atoms with Crippen LogP contribution in [0.2, 0.25) is 0 Å². The highest BCUT2D eigenvalue weighted by Crippen LogP contribution is 2.35. The Morgan fingerprint density at radius 3 is 2.81 bits per heavy atom. The summed E-state index contributed by atoms with van der Waals surface area (Å²) >= 11 is 1.48. The first-order valence-electron chi connectivity index (χ1n) is 8.66. The van der Waals surface area contributed by atoms with Gasteiger partial charge in [-0.25, -0.2) is 4.79 Å². The average Bonchev–Trinajstić information content (AvgIpc) is 3.26. The lowest BCUT2D eigenvalue weighted by atomic mass is 10.1. The molecule has 0 bridgehead atoms. The van der Waals surface area contributed by atoms with E-state index in [1.165, 1.54) is 17.4 Å². The molecule has 0 spiro atoms. The maximum absolute atomic E-state index is 13.1. The monoisotopic (exact) mass is 385 g/mol. The van der Waals surface area contributed by atoms with Gasteiger partial charge in [0.05, 0.1) is 12.0 Å². The van der Waals surface area contributed by atoms with Crippen LogP contribution in [0.25, 0.3) is 10.1 Å². The van der Waals surface area contributed by atoms with Gasteiger partial charge in [-0.15, -0.1) is 11.3 Å². The van der Waals surface area contributed by atoms with Gasteiger partial charge in [0.15, 0.2) is 0 Å². The molecular weight excluding hydrogens is 366 g/mol. The Hall–Kier alpha value is -2.87. The molecule has 3 aromatic rings. The van der Waals surface area contributed by atoms with E-state index < -0.39 is 11.2 Å². The van der Waals surface area contributed by atoms with E-state index in [2.05, 4.69) is 9.97 Å². The summed E-state index contributed by atoms with van der Waals surface area (Å²) in [6.07, 6.45) is 0.711. The Balaban J connectivity index is 1.60. The lowest BCUT2D eigenvalue weighted by molar-refractivity contribution is 0.0795. The van der Waals surface area contributed by atoms with Crippen molar-refractivity contribution in [2.45, 2.75) is 19.3 Å². The molecule has 1 atom stereocenters. The predicted molar refractivity (Wildman–Crippen MR) is 104 cm³/mol. The number of aromatic amines is 2. The van der Waals surface area contributed by atoms with Crippen LogP contribution >= 0.6 is 11.3 Å². The van der Waals surface area contributed by atoms with Crippen LogP contribution in [0, 0.1) is 6.92 Å². The van der Waals surface area contributed by atoms with Crippen LogP contribution < -0.4 is 16.0 Å². The summed E-state index contributed by atoms with van der Waals surface area (Å²) in [6.45, 7) is 3.03. The molecule has 1 fully saturated rings. The number of carbonyl (C=O) groups excluding carboxylic acids is 1. The van der Waals surface area contributed by atoms with Gasteiger partial charge >= 0.3 is 5.69 Å². The summed E-state index contributed by atoms with van der Waals surface area (Å²) in [7, 11) is 1.62. The van der Waals surface area contributed by atoms with Gasteiger partial charge in [-0.2, -0.15) is 0 Å². The molecule has 4 rings (SSSR count).